The summed E-state index contributed by atoms with van der Waals surface area (Å²) in [5, 5.41) is 13.1. The van der Waals surface area contributed by atoms with Gasteiger partial charge in [-0.25, -0.2) is 0 Å². The van der Waals surface area contributed by atoms with Crippen molar-refractivity contribution in [3.8, 4) is 5.69 Å². The predicted molar refractivity (Wildman–Crippen MR) is 133 cm³/mol. The van der Waals surface area contributed by atoms with E-state index in [1.807, 2.05) is 53.1 Å². The van der Waals surface area contributed by atoms with Gasteiger partial charge in [0.15, 0.2) is 5.16 Å². The first-order valence-corrected chi connectivity index (χ1v) is 12.4. The van der Waals surface area contributed by atoms with Crippen LogP contribution in [0.1, 0.15) is 5.82 Å². The first kappa shape index (κ1) is 22.7. The van der Waals surface area contributed by atoms with E-state index in [0.29, 0.717) is 26.6 Å². The lowest BCUT2D eigenvalue weighted by Crippen LogP contribution is -2.15. The van der Waals surface area contributed by atoms with Crippen LogP contribution in [0.2, 0.25) is 10.0 Å². The zero-order valence-corrected chi connectivity index (χ0v) is 19.9. The zero-order valence-electron chi connectivity index (χ0n) is 16.7. The van der Waals surface area contributed by atoms with Crippen LogP contribution in [0.4, 0.5) is 5.69 Å². The summed E-state index contributed by atoms with van der Waals surface area (Å²) < 4.78 is 1.99. The number of benzene rings is 3. The minimum atomic E-state index is -0.206. The van der Waals surface area contributed by atoms with Gasteiger partial charge < -0.3 is 5.32 Å². The quantitative estimate of drug-likeness (QED) is 0.276. The lowest BCUT2D eigenvalue weighted by atomic mass is 10.3. The number of rotatable bonds is 8. The highest BCUT2D eigenvalue weighted by molar-refractivity contribution is 7.99. The van der Waals surface area contributed by atoms with Gasteiger partial charge in [0.05, 0.1) is 22.2 Å². The monoisotopic (exact) mass is 500 g/mol. The molecule has 3 aromatic carbocycles. The maximum Gasteiger partial charge on any atom is 0.234 e. The van der Waals surface area contributed by atoms with E-state index >= 15 is 0 Å². The third-order valence-corrected chi connectivity index (χ3v) is 6.86. The Bertz CT molecular complexity index is 1200. The van der Waals surface area contributed by atoms with E-state index in [2.05, 4.69) is 27.6 Å². The molecule has 0 radical (unpaired) electrons. The molecule has 4 rings (SSSR count). The third kappa shape index (κ3) is 5.86. The maximum absolute atomic E-state index is 12.5. The molecule has 1 amide bonds. The zero-order chi connectivity index (χ0) is 22.3. The van der Waals surface area contributed by atoms with Crippen LogP contribution in [0.5, 0.6) is 0 Å². The SMILES string of the molecule is O=C(CSc1nnc(CSc2ccccc2)n1-c1ccccc1)Nc1cc(Cl)ccc1Cl. The number of amides is 1. The number of thioether (sulfide) groups is 2. The first-order valence-electron chi connectivity index (χ1n) is 9.65. The molecule has 1 N–H and O–H groups in total. The molecule has 0 atom stereocenters. The van der Waals surface area contributed by atoms with Crippen molar-refractivity contribution in [3.05, 3.63) is 94.7 Å². The molecule has 0 aliphatic carbocycles. The number of halogens is 2. The Morgan fingerprint density at radius 1 is 0.906 bits per heavy atom. The molecule has 162 valence electrons. The Labute approximate surface area is 204 Å². The van der Waals surface area contributed by atoms with Gasteiger partial charge in [-0.2, -0.15) is 0 Å². The Hall–Kier alpha value is -2.45. The summed E-state index contributed by atoms with van der Waals surface area (Å²) in [7, 11) is 0. The lowest BCUT2D eigenvalue weighted by molar-refractivity contribution is -0.113. The standard InChI is InChI=1S/C23H18Cl2N4OS2/c24-16-11-12-19(25)20(13-16)26-22(30)15-32-23-28-27-21(14-31-18-9-5-2-6-10-18)29(23)17-7-3-1-4-8-17/h1-13H,14-15H2,(H,26,30). The van der Waals surface area contributed by atoms with Gasteiger partial charge in [-0.05, 0) is 42.5 Å². The highest BCUT2D eigenvalue weighted by Crippen LogP contribution is 2.28. The summed E-state index contributed by atoms with van der Waals surface area (Å²) in [4.78, 5) is 13.7. The smallest absolute Gasteiger partial charge is 0.234 e. The fourth-order valence-electron chi connectivity index (χ4n) is 2.90. The molecular weight excluding hydrogens is 483 g/mol. The summed E-state index contributed by atoms with van der Waals surface area (Å²) in [6, 6.07) is 25.0. The van der Waals surface area contributed by atoms with Crippen LogP contribution in [-0.2, 0) is 10.5 Å². The van der Waals surface area contributed by atoms with Gasteiger partial charge in [-0.1, -0.05) is 71.4 Å². The van der Waals surface area contributed by atoms with Crippen molar-refractivity contribution >= 4 is 58.3 Å². The van der Waals surface area contributed by atoms with E-state index < -0.39 is 0 Å². The normalized spacial score (nSPS) is 10.8. The number of hydrogen-bond donors (Lipinski definition) is 1. The number of para-hydroxylation sites is 1. The molecule has 0 aliphatic rings. The van der Waals surface area contributed by atoms with Crippen LogP contribution in [-0.4, -0.2) is 26.4 Å². The van der Waals surface area contributed by atoms with Gasteiger partial charge in [0.1, 0.15) is 5.82 Å². The summed E-state index contributed by atoms with van der Waals surface area (Å²) >= 11 is 15.1. The fourth-order valence-corrected chi connectivity index (χ4v) is 4.84. The van der Waals surface area contributed by atoms with Crippen LogP contribution in [0, 0.1) is 0 Å². The molecule has 0 aliphatic heterocycles. The highest BCUT2D eigenvalue weighted by Gasteiger charge is 2.16. The highest BCUT2D eigenvalue weighted by atomic mass is 35.5. The lowest BCUT2D eigenvalue weighted by Gasteiger charge is -2.11. The molecule has 9 heteroatoms. The van der Waals surface area contributed by atoms with E-state index in [1.165, 1.54) is 11.8 Å². The van der Waals surface area contributed by atoms with Gasteiger partial charge in [-0.15, -0.1) is 22.0 Å². The van der Waals surface area contributed by atoms with Crippen molar-refractivity contribution < 1.29 is 4.79 Å². The Kier molecular flexibility index (Phi) is 7.76. The first-order chi connectivity index (χ1) is 15.6. The molecule has 0 saturated heterocycles. The molecular formula is C23H18Cl2N4OS2. The van der Waals surface area contributed by atoms with Crippen molar-refractivity contribution in [1.82, 2.24) is 14.8 Å². The number of anilines is 1. The average molecular weight is 501 g/mol. The van der Waals surface area contributed by atoms with Gasteiger partial charge in [-0.3, -0.25) is 9.36 Å². The second-order valence-electron chi connectivity index (χ2n) is 6.63. The molecule has 1 aromatic heterocycles. The predicted octanol–water partition coefficient (Wildman–Crippen LogP) is 6.60. The van der Waals surface area contributed by atoms with Gasteiger partial charge in [0.2, 0.25) is 5.91 Å². The van der Waals surface area contributed by atoms with Crippen LogP contribution in [0.25, 0.3) is 5.69 Å². The Morgan fingerprint density at radius 3 is 2.38 bits per heavy atom. The molecule has 0 fully saturated rings. The van der Waals surface area contributed by atoms with Gasteiger partial charge in [0, 0.05) is 15.6 Å². The minimum absolute atomic E-state index is 0.152. The van der Waals surface area contributed by atoms with Crippen LogP contribution >= 0.6 is 46.7 Å². The van der Waals surface area contributed by atoms with E-state index in [0.717, 1.165) is 16.4 Å². The molecule has 0 unspecified atom stereocenters. The largest absolute Gasteiger partial charge is 0.324 e. The average Bonchev–Trinajstić information content (AvgIpc) is 3.23. The molecule has 0 saturated carbocycles. The van der Waals surface area contributed by atoms with Crippen molar-refractivity contribution in [1.29, 1.82) is 0 Å². The molecule has 1 heterocycles. The van der Waals surface area contributed by atoms with Crippen molar-refractivity contribution in [2.75, 3.05) is 11.1 Å². The number of aromatic nitrogens is 3. The molecule has 0 bridgehead atoms. The van der Waals surface area contributed by atoms with Crippen molar-refractivity contribution in [2.45, 2.75) is 15.8 Å². The molecule has 0 spiro atoms. The van der Waals surface area contributed by atoms with Crippen LogP contribution in [0.3, 0.4) is 0 Å². The Morgan fingerprint density at radius 2 is 1.62 bits per heavy atom. The topological polar surface area (TPSA) is 59.8 Å². The van der Waals surface area contributed by atoms with Gasteiger partial charge >= 0.3 is 0 Å². The maximum atomic E-state index is 12.5. The molecule has 5 nitrogen and oxygen atoms in total. The minimum Gasteiger partial charge on any atom is -0.324 e. The van der Waals surface area contributed by atoms with E-state index in [4.69, 9.17) is 23.2 Å². The van der Waals surface area contributed by atoms with Crippen LogP contribution < -0.4 is 5.32 Å². The number of carbonyl (C=O) groups is 1. The number of nitrogens with zero attached hydrogens (tertiary/aromatic N) is 3. The van der Waals surface area contributed by atoms with Crippen LogP contribution in [0.15, 0.2) is 88.9 Å². The number of nitrogens with one attached hydrogen (secondary N) is 1. The summed E-state index contributed by atoms with van der Waals surface area (Å²) in [5.41, 5.74) is 1.43. The van der Waals surface area contributed by atoms with E-state index in [1.54, 1.807) is 30.0 Å². The Balaban J connectivity index is 1.49. The van der Waals surface area contributed by atoms with Gasteiger partial charge in [0.25, 0.3) is 0 Å². The van der Waals surface area contributed by atoms with Crippen molar-refractivity contribution in [2.24, 2.45) is 0 Å². The van der Waals surface area contributed by atoms with Crippen molar-refractivity contribution in [3.63, 3.8) is 0 Å². The molecule has 32 heavy (non-hydrogen) atoms. The summed E-state index contributed by atoms with van der Waals surface area (Å²) in [6.07, 6.45) is 0. The van der Waals surface area contributed by atoms with E-state index in [9.17, 15) is 4.79 Å². The summed E-state index contributed by atoms with van der Waals surface area (Å²) in [6.45, 7) is 0. The summed E-state index contributed by atoms with van der Waals surface area (Å²) in [5.74, 6) is 1.41. The number of hydrogen-bond acceptors (Lipinski definition) is 5. The van der Waals surface area contributed by atoms with E-state index in [-0.39, 0.29) is 11.7 Å². The third-order valence-electron chi connectivity index (χ3n) is 4.36. The second-order valence-corrected chi connectivity index (χ2v) is 9.47. The number of carbonyl (C=O) groups excluding carboxylic acids is 1. The fraction of sp³-hybridized carbons (Fsp3) is 0.0870. The second kappa shape index (κ2) is 10.9. The molecule has 4 aromatic rings.